The van der Waals surface area contributed by atoms with Gasteiger partial charge >= 0.3 is 0 Å². The normalized spacial score (nSPS) is 11.8. The first-order valence-electron chi connectivity index (χ1n) is 6.00. The van der Waals surface area contributed by atoms with E-state index in [-0.39, 0.29) is 5.54 Å². The van der Waals surface area contributed by atoms with Crippen LogP contribution in [-0.4, -0.2) is 10.5 Å². The molecule has 0 amide bonds. The molecule has 0 bridgehead atoms. The molecular weight excluding hydrogens is 283 g/mol. The summed E-state index contributed by atoms with van der Waals surface area (Å²) in [6.45, 7) is 6.97. The highest BCUT2D eigenvalue weighted by molar-refractivity contribution is 6.42. The molecule has 0 spiro atoms. The Balaban J connectivity index is 2.14. The highest BCUT2D eigenvalue weighted by atomic mass is 35.5. The zero-order valence-corrected chi connectivity index (χ0v) is 12.6. The van der Waals surface area contributed by atoms with Crippen LogP contribution in [0.4, 0.5) is 0 Å². The van der Waals surface area contributed by atoms with E-state index in [1.165, 1.54) is 0 Å². The predicted molar refractivity (Wildman–Crippen MR) is 78.6 cm³/mol. The molecule has 0 aliphatic carbocycles. The molecule has 0 saturated carbocycles. The minimum absolute atomic E-state index is 0.0443. The Labute approximate surface area is 122 Å². The number of nitrogens with one attached hydrogen (secondary N) is 1. The van der Waals surface area contributed by atoms with Crippen LogP contribution in [0.25, 0.3) is 11.5 Å². The van der Waals surface area contributed by atoms with Crippen molar-refractivity contribution < 1.29 is 4.42 Å². The van der Waals surface area contributed by atoms with Crippen LogP contribution >= 0.6 is 23.2 Å². The Morgan fingerprint density at radius 3 is 2.58 bits per heavy atom. The quantitative estimate of drug-likeness (QED) is 0.904. The fourth-order valence-corrected chi connectivity index (χ4v) is 1.80. The molecule has 1 N–H and O–H groups in total. The van der Waals surface area contributed by atoms with Crippen LogP contribution in [0, 0.1) is 0 Å². The largest absolute Gasteiger partial charge is 0.444 e. The number of rotatable bonds is 3. The van der Waals surface area contributed by atoms with Gasteiger partial charge in [-0.25, -0.2) is 4.98 Å². The number of hydrogen-bond donors (Lipinski definition) is 1. The van der Waals surface area contributed by atoms with Gasteiger partial charge in [0.15, 0.2) is 0 Å². The van der Waals surface area contributed by atoms with E-state index in [0.717, 1.165) is 11.3 Å². The van der Waals surface area contributed by atoms with E-state index >= 15 is 0 Å². The lowest BCUT2D eigenvalue weighted by atomic mass is 10.1. The summed E-state index contributed by atoms with van der Waals surface area (Å²) in [5.41, 5.74) is 1.72. The summed E-state index contributed by atoms with van der Waals surface area (Å²) in [5, 5.41) is 4.37. The molecule has 5 heteroatoms. The maximum absolute atomic E-state index is 5.98. The van der Waals surface area contributed by atoms with Crippen molar-refractivity contribution in [3.63, 3.8) is 0 Å². The minimum Gasteiger partial charge on any atom is -0.444 e. The molecule has 1 aromatic heterocycles. The van der Waals surface area contributed by atoms with Crippen LogP contribution in [0.3, 0.4) is 0 Å². The lowest BCUT2D eigenvalue weighted by Gasteiger charge is -2.19. The van der Waals surface area contributed by atoms with E-state index in [2.05, 4.69) is 31.1 Å². The van der Waals surface area contributed by atoms with Gasteiger partial charge in [0.2, 0.25) is 5.89 Å². The number of hydrogen-bond acceptors (Lipinski definition) is 3. The first-order valence-corrected chi connectivity index (χ1v) is 6.75. The van der Waals surface area contributed by atoms with Crippen molar-refractivity contribution in [2.75, 3.05) is 0 Å². The van der Waals surface area contributed by atoms with Crippen molar-refractivity contribution in [3.05, 3.63) is 40.2 Å². The Morgan fingerprint density at radius 1 is 1.21 bits per heavy atom. The first-order chi connectivity index (χ1) is 8.85. The number of halogens is 2. The summed E-state index contributed by atoms with van der Waals surface area (Å²) in [6, 6.07) is 5.31. The van der Waals surface area contributed by atoms with E-state index in [4.69, 9.17) is 27.6 Å². The Morgan fingerprint density at radius 2 is 1.95 bits per heavy atom. The van der Waals surface area contributed by atoms with Crippen molar-refractivity contribution in [2.45, 2.75) is 32.9 Å². The summed E-state index contributed by atoms with van der Waals surface area (Å²) >= 11 is 11.9. The summed E-state index contributed by atoms with van der Waals surface area (Å²) in [4.78, 5) is 4.42. The van der Waals surface area contributed by atoms with Gasteiger partial charge < -0.3 is 9.73 Å². The number of oxazole rings is 1. The van der Waals surface area contributed by atoms with Crippen LogP contribution < -0.4 is 5.32 Å². The van der Waals surface area contributed by atoms with Crippen LogP contribution in [0.2, 0.25) is 10.0 Å². The average Bonchev–Trinajstić information content (AvgIpc) is 2.78. The molecular formula is C14H16Cl2N2O. The Bertz CT molecular complexity index is 573. The van der Waals surface area contributed by atoms with E-state index in [9.17, 15) is 0 Å². The smallest absolute Gasteiger partial charge is 0.226 e. The van der Waals surface area contributed by atoms with Gasteiger partial charge in [0.25, 0.3) is 0 Å². The lowest BCUT2D eigenvalue weighted by Crippen LogP contribution is -2.35. The number of benzene rings is 1. The zero-order chi connectivity index (χ0) is 14.0. The van der Waals surface area contributed by atoms with Crippen LogP contribution in [-0.2, 0) is 6.54 Å². The lowest BCUT2D eigenvalue weighted by molar-refractivity contribution is 0.421. The third-order valence-corrected chi connectivity index (χ3v) is 3.26. The van der Waals surface area contributed by atoms with Gasteiger partial charge in [0, 0.05) is 17.6 Å². The topological polar surface area (TPSA) is 38.1 Å². The molecule has 0 unspecified atom stereocenters. The van der Waals surface area contributed by atoms with Gasteiger partial charge in [0.1, 0.15) is 6.26 Å². The van der Waals surface area contributed by atoms with Gasteiger partial charge in [-0.05, 0) is 39.0 Å². The van der Waals surface area contributed by atoms with Crippen molar-refractivity contribution in [1.82, 2.24) is 10.3 Å². The second-order valence-corrected chi connectivity index (χ2v) is 6.19. The minimum atomic E-state index is 0.0443. The van der Waals surface area contributed by atoms with Crippen molar-refractivity contribution in [3.8, 4) is 11.5 Å². The molecule has 102 valence electrons. The van der Waals surface area contributed by atoms with Crippen molar-refractivity contribution in [2.24, 2.45) is 0 Å². The number of nitrogens with zero attached hydrogens (tertiary/aromatic N) is 1. The maximum Gasteiger partial charge on any atom is 0.226 e. The predicted octanol–water partition coefficient (Wildman–Crippen LogP) is 4.54. The highest BCUT2D eigenvalue weighted by Crippen LogP contribution is 2.28. The summed E-state index contributed by atoms with van der Waals surface area (Å²) in [5.74, 6) is 0.546. The van der Waals surface area contributed by atoms with Gasteiger partial charge in [-0.3, -0.25) is 0 Å². The zero-order valence-electron chi connectivity index (χ0n) is 11.1. The molecule has 0 radical (unpaired) electrons. The molecule has 0 aliphatic rings. The van der Waals surface area contributed by atoms with Gasteiger partial charge in [-0.15, -0.1) is 0 Å². The summed E-state index contributed by atoms with van der Waals surface area (Å²) in [7, 11) is 0. The molecule has 2 aromatic rings. The highest BCUT2D eigenvalue weighted by Gasteiger charge is 2.12. The van der Waals surface area contributed by atoms with Crippen molar-refractivity contribution >= 4 is 23.2 Å². The Kier molecular flexibility index (Phi) is 4.19. The monoisotopic (exact) mass is 298 g/mol. The fraction of sp³-hybridized carbons (Fsp3) is 0.357. The molecule has 3 nitrogen and oxygen atoms in total. The maximum atomic E-state index is 5.98. The summed E-state index contributed by atoms with van der Waals surface area (Å²) in [6.07, 6.45) is 1.65. The molecule has 19 heavy (non-hydrogen) atoms. The van der Waals surface area contributed by atoms with E-state index < -0.39 is 0 Å². The van der Waals surface area contributed by atoms with Gasteiger partial charge in [-0.2, -0.15) is 0 Å². The SMILES string of the molecule is CC(C)(C)NCc1coc(-c2ccc(Cl)c(Cl)c2)n1. The number of aromatic nitrogens is 1. The second-order valence-electron chi connectivity index (χ2n) is 5.38. The standard InChI is InChI=1S/C14H16Cl2N2O/c1-14(2,3)17-7-10-8-19-13(18-10)9-4-5-11(15)12(16)6-9/h4-6,8,17H,7H2,1-3H3. The first kappa shape index (κ1) is 14.4. The third-order valence-electron chi connectivity index (χ3n) is 2.52. The van der Waals surface area contributed by atoms with Crippen molar-refractivity contribution in [1.29, 1.82) is 0 Å². The van der Waals surface area contributed by atoms with Gasteiger partial charge in [-0.1, -0.05) is 23.2 Å². The molecule has 1 heterocycles. The van der Waals surface area contributed by atoms with Gasteiger partial charge in [0.05, 0.1) is 15.7 Å². The molecule has 0 saturated heterocycles. The molecule has 0 aliphatic heterocycles. The fourth-order valence-electron chi connectivity index (χ4n) is 1.51. The third kappa shape index (κ3) is 3.96. The van der Waals surface area contributed by atoms with E-state index in [1.807, 2.05) is 6.07 Å². The van der Waals surface area contributed by atoms with E-state index in [0.29, 0.717) is 22.5 Å². The van der Waals surface area contributed by atoms with E-state index in [1.54, 1.807) is 18.4 Å². The molecule has 0 atom stereocenters. The Hall–Kier alpha value is -1.03. The molecule has 0 fully saturated rings. The molecule has 2 rings (SSSR count). The second kappa shape index (κ2) is 5.53. The van der Waals surface area contributed by atoms with Crippen LogP contribution in [0.15, 0.2) is 28.9 Å². The average molecular weight is 299 g/mol. The summed E-state index contributed by atoms with van der Waals surface area (Å²) < 4.78 is 5.46. The van der Waals surface area contributed by atoms with Crippen LogP contribution in [0.1, 0.15) is 26.5 Å². The molecule has 1 aromatic carbocycles. The van der Waals surface area contributed by atoms with Crippen LogP contribution in [0.5, 0.6) is 0 Å².